The maximum absolute atomic E-state index is 12.3. The van der Waals surface area contributed by atoms with E-state index in [-0.39, 0.29) is 12.5 Å². The molecule has 2 rings (SSSR count). The number of halogens is 1. The van der Waals surface area contributed by atoms with Gasteiger partial charge in [0.05, 0.1) is 18.8 Å². The third kappa shape index (κ3) is 4.36. The predicted molar refractivity (Wildman–Crippen MR) is 91.4 cm³/mol. The fourth-order valence-corrected chi connectivity index (χ4v) is 2.82. The molecule has 1 fully saturated rings. The summed E-state index contributed by atoms with van der Waals surface area (Å²) in [7, 11) is 0. The molecule has 2 heterocycles. The highest BCUT2D eigenvalue weighted by Crippen LogP contribution is 2.22. The summed E-state index contributed by atoms with van der Waals surface area (Å²) >= 11 is 6.34. The van der Waals surface area contributed by atoms with Crippen LogP contribution in [0.1, 0.15) is 31.0 Å². The van der Waals surface area contributed by atoms with Crippen LogP contribution in [0.25, 0.3) is 6.08 Å². The molecule has 0 saturated carbocycles. The normalized spacial score (nSPS) is 18.3. The molecule has 0 spiro atoms. The van der Waals surface area contributed by atoms with Crippen molar-refractivity contribution in [3.8, 4) is 0 Å². The largest absolute Gasteiger partial charge is 0.367 e. The number of primary amides is 1. The van der Waals surface area contributed by atoms with Crippen LogP contribution in [0.3, 0.4) is 0 Å². The van der Waals surface area contributed by atoms with Gasteiger partial charge in [-0.2, -0.15) is 5.10 Å². The molecule has 1 unspecified atom stereocenters. The number of aryl methyl sites for hydroxylation is 2. The lowest BCUT2D eigenvalue weighted by Gasteiger charge is -2.30. The van der Waals surface area contributed by atoms with Gasteiger partial charge in [-0.3, -0.25) is 14.3 Å². The molecule has 7 nitrogen and oxygen atoms in total. The Morgan fingerprint density at radius 2 is 2.25 bits per heavy atom. The zero-order chi connectivity index (χ0) is 17.7. The number of nitrogens with zero attached hydrogens (tertiary/aromatic N) is 3. The molecule has 1 saturated heterocycles. The molecule has 2 N–H and O–H groups in total. The van der Waals surface area contributed by atoms with Crippen LogP contribution in [-0.2, 0) is 20.9 Å². The number of morpholine rings is 1. The average Bonchev–Trinajstić information content (AvgIpc) is 2.84. The summed E-state index contributed by atoms with van der Waals surface area (Å²) in [6.45, 7) is 5.60. The van der Waals surface area contributed by atoms with E-state index in [4.69, 9.17) is 22.1 Å². The Labute approximate surface area is 146 Å². The van der Waals surface area contributed by atoms with E-state index in [1.807, 2.05) is 6.92 Å². The number of unbranched alkanes of at least 4 members (excludes halogenated alkanes) is 1. The Bertz CT molecular complexity index is 642. The number of aromatic nitrogens is 2. The second-order valence-corrected chi connectivity index (χ2v) is 6.10. The van der Waals surface area contributed by atoms with Crippen molar-refractivity contribution in [3.63, 3.8) is 0 Å². The molecule has 1 aliphatic rings. The quantitative estimate of drug-likeness (QED) is 0.781. The van der Waals surface area contributed by atoms with E-state index in [1.165, 1.54) is 6.08 Å². The van der Waals surface area contributed by atoms with Crippen LogP contribution in [0.5, 0.6) is 0 Å². The van der Waals surface area contributed by atoms with E-state index in [0.29, 0.717) is 18.3 Å². The zero-order valence-corrected chi connectivity index (χ0v) is 14.8. The van der Waals surface area contributed by atoms with Gasteiger partial charge in [0.25, 0.3) is 0 Å². The van der Waals surface area contributed by atoms with E-state index in [1.54, 1.807) is 15.7 Å². The van der Waals surface area contributed by atoms with E-state index < -0.39 is 12.0 Å². The van der Waals surface area contributed by atoms with Gasteiger partial charge >= 0.3 is 0 Å². The van der Waals surface area contributed by atoms with Gasteiger partial charge < -0.3 is 15.4 Å². The monoisotopic (exact) mass is 354 g/mol. The van der Waals surface area contributed by atoms with Gasteiger partial charge in [-0.15, -0.1) is 0 Å². The van der Waals surface area contributed by atoms with Crippen LogP contribution in [-0.4, -0.2) is 52.3 Å². The van der Waals surface area contributed by atoms with Crippen molar-refractivity contribution in [2.45, 2.75) is 39.3 Å². The number of hydrogen-bond donors (Lipinski definition) is 1. The first-order valence-electron chi connectivity index (χ1n) is 8.04. The summed E-state index contributed by atoms with van der Waals surface area (Å²) in [5.41, 5.74) is 6.74. The van der Waals surface area contributed by atoms with E-state index in [9.17, 15) is 9.59 Å². The highest BCUT2D eigenvalue weighted by Gasteiger charge is 2.26. The number of hydrogen-bond acceptors (Lipinski definition) is 4. The minimum Gasteiger partial charge on any atom is -0.367 e. The molecule has 1 aromatic heterocycles. The standard InChI is InChI=1S/C16H23ClN4O3/c1-3-4-7-21-15(17)12(11(2)19-21)5-6-14(22)20-8-9-24-13(10-20)16(18)23/h5-6,13H,3-4,7-10H2,1-2H3,(H2,18,23)/b6-5+. The van der Waals surface area contributed by atoms with Gasteiger partial charge in [0, 0.05) is 24.7 Å². The van der Waals surface area contributed by atoms with Crippen LogP contribution >= 0.6 is 11.6 Å². The van der Waals surface area contributed by atoms with Gasteiger partial charge in [0.2, 0.25) is 11.8 Å². The molecule has 24 heavy (non-hydrogen) atoms. The van der Waals surface area contributed by atoms with Crippen molar-refractivity contribution in [1.82, 2.24) is 14.7 Å². The van der Waals surface area contributed by atoms with Gasteiger partial charge in [-0.05, 0) is 19.4 Å². The summed E-state index contributed by atoms with van der Waals surface area (Å²) in [5.74, 6) is -0.770. The minimum absolute atomic E-state index is 0.168. The molecular formula is C16H23ClN4O3. The molecule has 1 atom stereocenters. The van der Waals surface area contributed by atoms with Gasteiger partial charge in [0.15, 0.2) is 6.10 Å². The number of amides is 2. The lowest BCUT2D eigenvalue weighted by atomic mass is 10.2. The van der Waals surface area contributed by atoms with Gasteiger partial charge in [0.1, 0.15) is 5.15 Å². The lowest BCUT2D eigenvalue weighted by molar-refractivity contribution is -0.142. The van der Waals surface area contributed by atoms with Crippen molar-refractivity contribution < 1.29 is 14.3 Å². The number of carbonyl (C=O) groups is 2. The third-order valence-corrected chi connectivity index (χ3v) is 4.32. The second-order valence-electron chi connectivity index (χ2n) is 5.75. The number of rotatable bonds is 6. The van der Waals surface area contributed by atoms with Crippen molar-refractivity contribution in [2.75, 3.05) is 19.7 Å². The Morgan fingerprint density at radius 1 is 1.50 bits per heavy atom. The van der Waals surface area contributed by atoms with Gasteiger partial charge in [-0.25, -0.2) is 0 Å². The summed E-state index contributed by atoms with van der Waals surface area (Å²) in [6, 6.07) is 0. The molecule has 2 amide bonds. The lowest BCUT2D eigenvalue weighted by Crippen LogP contribution is -2.50. The van der Waals surface area contributed by atoms with Crippen molar-refractivity contribution in [3.05, 3.63) is 22.5 Å². The molecule has 132 valence electrons. The van der Waals surface area contributed by atoms with Crippen molar-refractivity contribution in [2.24, 2.45) is 5.73 Å². The minimum atomic E-state index is -0.752. The Hall–Kier alpha value is -1.86. The van der Waals surface area contributed by atoms with Crippen LogP contribution in [0.4, 0.5) is 0 Å². The topological polar surface area (TPSA) is 90.4 Å². The average molecular weight is 355 g/mol. The predicted octanol–water partition coefficient (Wildman–Crippen LogP) is 1.37. The Balaban J connectivity index is 2.06. The molecular weight excluding hydrogens is 332 g/mol. The molecule has 0 radical (unpaired) electrons. The van der Waals surface area contributed by atoms with Crippen molar-refractivity contribution >= 4 is 29.5 Å². The fourth-order valence-electron chi connectivity index (χ4n) is 2.49. The zero-order valence-electron chi connectivity index (χ0n) is 14.0. The summed E-state index contributed by atoms with van der Waals surface area (Å²) in [6.07, 6.45) is 4.41. The summed E-state index contributed by atoms with van der Waals surface area (Å²) in [4.78, 5) is 25.0. The van der Waals surface area contributed by atoms with Gasteiger partial charge in [-0.1, -0.05) is 24.9 Å². The number of nitrogens with two attached hydrogens (primary N) is 1. The third-order valence-electron chi connectivity index (χ3n) is 3.92. The first-order chi connectivity index (χ1) is 11.4. The number of carbonyl (C=O) groups excluding carboxylic acids is 2. The summed E-state index contributed by atoms with van der Waals surface area (Å²) < 4.78 is 6.99. The first kappa shape index (κ1) is 18.5. The Morgan fingerprint density at radius 3 is 2.92 bits per heavy atom. The first-order valence-corrected chi connectivity index (χ1v) is 8.42. The highest BCUT2D eigenvalue weighted by molar-refractivity contribution is 6.31. The smallest absolute Gasteiger partial charge is 0.248 e. The molecule has 1 aromatic rings. The maximum Gasteiger partial charge on any atom is 0.248 e. The van der Waals surface area contributed by atoms with Crippen LogP contribution in [0.2, 0.25) is 5.15 Å². The maximum atomic E-state index is 12.3. The second kappa shape index (κ2) is 8.30. The van der Waals surface area contributed by atoms with E-state index >= 15 is 0 Å². The molecule has 0 aliphatic carbocycles. The molecule has 1 aliphatic heterocycles. The van der Waals surface area contributed by atoms with Crippen LogP contribution in [0, 0.1) is 6.92 Å². The summed E-state index contributed by atoms with van der Waals surface area (Å²) in [5, 5.41) is 4.93. The van der Waals surface area contributed by atoms with E-state index in [0.717, 1.165) is 30.6 Å². The number of ether oxygens (including phenoxy) is 1. The van der Waals surface area contributed by atoms with E-state index in [2.05, 4.69) is 12.0 Å². The fraction of sp³-hybridized carbons (Fsp3) is 0.562. The highest BCUT2D eigenvalue weighted by atomic mass is 35.5. The molecule has 0 aromatic carbocycles. The Kier molecular flexibility index (Phi) is 6.39. The molecule has 0 bridgehead atoms. The van der Waals surface area contributed by atoms with Crippen molar-refractivity contribution in [1.29, 1.82) is 0 Å². The molecule has 8 heteroatoms. The van der Waals surface area contributed by atoms with Crippen LogP contribution in [0.15, 0.2) is 6.08 Å². The SMILES string of the molecule is CCCCn1nc(C)c(/C=C/C(=O)N2CCOC(C(N)=O)C2)c1Cl. The van der Waals surface area contributed by atoms with Crippen LogP contribution < -0.4 is 5.73 Å².